The molecule has 0 aromatic heterocycles. The fourth-order valence-electron chi connectivity index (χ4n) is 11.8. The first-order chi connectivity index (χ1) is 33.7. The van der Waals surface area contributed by atoms with Crippen molar-refractivity contribution in [2.75, 3.05) is 9.80 Å². The molecule has 2 heteroatoms. The van der Waals surface area contributed by atoms with E-state index in [1.807, 2.05) is 0 Å². The zero-order valence-corrected chi connectivity index (χ0v) is 40.2. The number of hydrogen-bond acceptors (Lipinski definition) is 2. The van der Waals surface area contributed by atoms with E-state index in [-0.39, 0.29) is 0 Å². The van der Waals surface area contributed by atoms with Crippen molar-refractivity contribution in [3.8, 4) is 0 Å². The molecule has 0 heterocycles. The molecule has 4 aliphatic rings. The normalized spacial score (nSPS) is 16.7. The van der Waals surface area contributed by atoms with E-state index in [9.17, 15) is 0 Å². The maximum Gasteiger partial charge on any atom is 0.0619 e. The summed E-state index contributed by atoms with van der Waals surface area (Å²) in [5, 5.41) is 4.91. The summed E-state index contributed by atoms with van der Waals surface area (Å²) >= 11 is 0. The summed E-state index contributed by atoms with van der Waals surface area (Å²) in [4.78, 5) is 5.07. The van der Waals surface area contributed by atoms with Gasteiger partial charge in [0.15, 0.2) is 0 Å². The highest BCUT2D eigenvalue weighted by Gasteiger charge is 2.26. The Morgan fingerprint density at radius 1 is 0.235 bits per heavy atom. The van der Waals surface area contributed by atoms with Gasteiger partial charge in [-0.2, -0.15) is 0 Å². The minimum Gasteiger partial charge on any atom is -0.309 e. The second-order valence-electron chi connectivity index (χ2n) is 20.3. The Labute approximate surface area is 406 Å². The first kappa shape index (κ1) is 44.1. The fraction of sp³-hybridized carbons (Fsp3) is 0.303. The van der Waals surface area contributed by atoms with E-state index in [4.69, 9.17) is 0 Å². The number of nitrogens with zero attached hydrogens (tertiary/aromatic N) is 2. The van der Waals surface area contributed by atoms with Crippen LogP contribution < -0.4 is 9.80 Å². The van der Waals surface area contributed by atoms with Gasteiger partial charge < -0.3 is 9.80 Å². The van der Waals surface area contributed by atoms with Crippen molar-refractivity contribution < 1.29 is 0 Å². The first-order valence-electron chi connectivity index (χ1n) is 26.4. The average molecular weight is 889 g/mol. The maximum absolute atomic E-state index is 2.54. The average Bonchev–Trinajstić information content (AvgIpc) is 3.40. The van der Waals surface area contributed by atoms with E-state index in [2.05, 4.69) is 180 Å². The van der Waals surface area contributed by atoms with Gasteiger partial charge in [-0.25, -0.2) is 0 Å². The van der Waals surface area contributed by atoms with Gasteiger partial charge in [0.05, 0.1) is 11.4 Å². The van der Waals surface area contributed by atoms with Crippen LogP contribution in [0.1, 0.15) is 151 Å². The second-order valence-corrected chi connectivity index (χ2v) is 20.3. The molecule has 0 spiro atoms. The topological polar surface area (TPSA) is 6.48 Å². The maximum atomic E-state index is 2.54. The Kier molecular flexibility index (Phi) is 13.5. The Bertz CT molecular complexity index is 2540. The van der Waals surface area contributed by atoms with Crippen molar-refractivity contribution in [2.45, 2.75) is 128 Å². The Morgan fingerprint density at radius 3 is 0.647 bits per heavy atom. The van der Waals surface area contributed by atoms with Crippen molar-refractivity contribution in [1.29, 1.82) is 0 Å². The number of benzene rings is 7. The third-order valence-corrected chi connectivity index (χ3v) is 15.4. The van der Waals surface area contributed by atoms with Crippen molar-refractivity contribution in [1.82, 2.24) is 0 Å². The fourth-order valence-corrected chi connectivity index (χ4v) is 11.8. The summed E-state index contributed by atoms with van der Waals surface area (Å²) in [7, 11) is 0. The van der Waals surface area contributed by atoms with Crippen LogP contribution in [0.5, 0.6) is 0 Å². The number of rotatable bonds is 10. The van der Waals surface area contributed by atoms with E-state index in [1.165, 1.54) is 206 Å². The molecule has 0 amide bonds. The van der Waals surface area contributed by atoms with Crippen molar-refractivity contribution in [3.63, 3.8) is 0 Å². The lowest BCUT2D eigenvalue weighted by Crippen LogP contribution is -2.14. The lowest BCUT2D eigenvalue weighted by Gasteiger charge is -2.33. The van der Waals surface area contributed by atoms with Crippen LogP contribution in [0.4, 0.5) is 34.1 Å². The first-order valence-corrected chi connectivity index (χ1v) is 26.4. The summed E-state index contributed by atoms with van der Waals surface area (Å²) in [5.74, 6) is 0. The zero-order chi connectivity index (χ0) is 45.5. The van der Waals surface area contributed by atoms with Crippen LogP contribution in [0, 0.1) is 0 Å². The largest absolute Gasteiger partial charge is 0.309 e. The summed E-state index contributed by atoms with van der Waals surface area (Å²) in [6.45, 7) is 0. The van der Waals surface area contributed by atoms with E-state index in [0.29, 0.717) is 0 Å². The molecule has 4 fully saturated rings. The molecule has 0 radical (unpaired) electrons. The van der Waals surface area contributed by atoms with E-state index < -0.39 is 0 Å². The molecular weight excluding hydrogens is 821 g/mol. The van der Waals surface area contributed by atoms with Gasteiger partial charge >= 0.3 is 0 Å². The lowest BCUT2D eigenvalue weighted by atomic mass is 9.93. The molecule has 0 N–H and O–H groups in total. The van der Waals surface area contributed by atoms with Crippen molar-refractivity contribution >= 4 is 80.0 Å². The molecule has 7 aromatic carbocycles. The van der Waals surface area contributed by atoms with E-state index in [0.717, 1.165) is 0 Å². The molecule has 4 aliphatic carbocycles. The number of fused-ring (bicyclic) bond motifs is 2. The van der Waals surface area contributed by atoms with E-state index in [1.54, 1.807) is 22.3 Å². The van der Waals surface area contributed by atoms with Gasteiger partial charge in [0.2, 0.25) is 0 Å². The molecule has 0 bridgehead atoms. The van der Waals surface area contributed by atoms with Crippen molar-refractivity contribution in [3.05, 3.63) is 190 Å². The number of allylic oxidation sites excluding steroid dienone is 4. The van der Waals surface area contributed by atoms with Crippen LogP contribution in [-0.4, -0.2) is 0 Å². The van der Waals surface area contributed by atoms with Gasteiger partial charge in [-0.05, 0) is 174 Å². The molecular formula is C66H68N2. The summed E-state index contributed by atoms with van der Waals surface area (Å²) in [5.41, 5.74) is 18.6. The molecule has 11 rings (SSSR count). The standard InChI is InChI=1S/C66H68N2/c1-5-17-49(18-6-1)45-53-29-37-57(38-30-53)67(58-39-31-54(32-40-58)46-50-19-7-2-8-20-50)65-61-25-13-15-27-63(61)66(64-28-16-14-26-62(64)65)68(59-41-33-55(34-42-59)47-51-21-9-3-10-22-51)60-43-35-56(36-44-60)48-52-23-11-4-12-24-52/h13-16,25-48H,1-12,17-24H2. The van der Waals surface area contributed by atoms with Gasteiger partial charge in [-0.15, -0.1) is 0 Å². The molecule has 7 aromatic rings. The van der Waals surface area contributed by atoms with Crippen LogP contribution >= 0.6 is 0 Å². The van der Waals surface area contributed by atoms with Crippen LogP contribution in [0.15, 0.2) is 168 Å². The van der Waals surface area contributed by atoms with Crippen molar-refractivity contribution in [2.24, 2.45) is 0 Å². The molecule has 68 heavy (non-hydrogen) atoms. The molecule has 0 unspecified atom stereocenters. The molecule has 342 valence electrons. The highest BCUT2D eigenvalue weighted by atomic mass is 15.2. The minimum absolute atomic E-state index is 1.17. The Balaban J connectivity index is 1.08. The smallest absolute Gasteiger partial charge is 0.0619 e. The third-order valence-electron chi connectivity index (χ3n) is 15.4. The quantitative estimate of drug-likeness (QED) is 0.0997. The van der Waals surface area contributed by atoms with E-state index >= 15 is 0 Å². The van der Waals surface area contributed by atoms with Gasteiger partial charge in [0, 0.05) is 44.3 Å². The SMILES string of the molecule is C(=C1CCCCC1)c1ccc(N(c2ccc(C=C3CCCCC3)cc2)c2c3ccccc3c(N(c3ccc(C=C4CCCCC4)cc3)c3ccc(C=C4CCCCC4)cc3)c3ccccc23)cc1. The van der Waals surface area contributed by atoms with Crippen LogP contribution in [-0.2, 0) is 0 Å². The number of anilines is 6. The predicted molar refractivity (Wildman–Crippen MR) is 295 cm³/mol. The summed E-state index contributed by atoms with van der Waals surface area (Å²) in [6, 6.07) is 55.9. The summed E-state index contributed by atoms with van der Waals surface area (Å²) in [6.07, 6.45) is 35.5. The monoisotopic (exact) mass is 889 g/mol. The second kappa shape index (κ2) is 20.9. The van der Waals surface area contributed by atoms with Gasteiger partial charge in [0.1, 0.15) is 0 Å². The highest BCUT2D eigenvalue weighted by Crippen LogP contribution is 2.51. The van der Waals surface area contributed by atoms with Crippen LogP contribution in [0.3, 0.4) is 0 Å². The van der Waals surface area contributed by atoms with Crippen LogP contribution in [0.25, 0.3) is 45.8 Å². The number of hydrogen-bond donors (Lipinski definition) is 0. The summed E-state index contributed by atoms with van der Waals surface area (Å²) < 4.78 is 0. The van der Waals surface area contributed by atoms with Gasteiger partial charge in [-0.3, -0.25) is 0 Å². The van der Waals surface area contributed by atoms with Gasteiger partial charge in [-0.1, -0.05) is 169 Å². The van der Waals surface area contributed by atoms with Gasteiger partial charge in [0.25, 0.3) is 0 Å². The molecule has 2 nitrogen and oxygen atoms in total. The molecule has 4 saturated carbocycles. The Morgan fingerprint density at radius 2 is 0.441 bits per heavy atom. The highest BCUT2D eigenvalue weighted by molar-refractivity contribution is 6.23. The molecule has 0 aliphatic heterocycles. The molecule has 0 atom stereocenters. The third kappa shape index (κ3) is 9.93. The zero-order valence-electron chi connectivity index (χ0n) is 40.2. The predicted octanol–water partition coefficient (Wildman–Crippen LogP) is 20.3. The lowest BCUT2D eigenvalue weighted by molar-refractivity contribution is 0.602. The minimum atomic E-state index is 1.17. The van der Waals surface area contributed by atoms with Crippen LogP contribution in [0.2, 0.25) is 0 Å². The Hall–Kier alpha value is -6.38. The molecule has 0 saturated heterocycles.